The van der Waals surface area contributed by atoms with E-state index in [4.69, 9.17) is 5.41 Å². The van der Waals surface area contributed by atoms with Gasteiger partial charge >= 0.3 is 6.18 Å². The van der Waals surface area contributed by atoms with Crippen molar-refractivity contribution in [3.05, 3.63) is 35.8 Å². The summed E-state index contributed by atoms with van der Waals surface area (Å²) in [5.41, 5.74) is 0.577. The SMILES string of the molecule is CC(=N)C=C(C)[NH2+]c1ccnc(C(F)(F)F)c1. The quantitative estimate of drug-likeness (QED) is 0.787. The lowest BCUT2D eigenvalue weighted by molar-refractivity contribution is -0.517. The first kappa shape index (κ1) is 13.4. The van der Waals surface area contributed by atoms with Crippen molar-refractivity contribution in [2.75, 3.05) is 0 Å². The molecule has 0 amide bonds. The van der Waals surface area contributed by atoms with Crippen molar-refractivity contribution < 1.29 is 18.5 Å². The van der Waals surface area contributed by atoms with Gasteiger partial charge in [-0.15, -0.1) is 0 Å². The Bertz CT molecular complexity index is 450. The Kier molecular flexibility index (Phi) is 4.01. The van der Waals surface area contributed by atoms with Crippen molar-refractivity contribution in [3.63, 3.8) is 0 Å². The third-order valence-electron chi connectivity index (χ3n) is 1.91. The molecule has 1 heterocycles. The summed E-state index contributed by atoms with van der Waals surface area (Å²) < 4.78 is 37.2. The van der Waals surface area contributed by atoms with E-state index in [2.05, 4.69) is 4.98 Å². The van der Waals surface area contributed by atoms with Crippen LogP contribution in [0.5, 0.6) is 0 Å². The summed E-state index contributed by atoms with van der Waals surface area (Å²) in [6.07, 6.45) is -1.73. The third-order valence-corrected chi connectivity index (χ3v) is 1.91. The molecule has 0 fully saturated rings. The van der Waals surface area contributed by atoms with Crippen molar-refractivity contribution in [2.45, 2.75) is 20.0 Å². The minimum atomic E-state index is -4.43. The Labute approximate surface area is 96.9 Å². The van der Waals surface area contributed by atoms with E-state index < -0.39 is 11.9 Å². The molecule has 0 saturated carbocycles. The van der Waals surface area contributed by atoms with Crippen LogP contribution >= 0.6 is 0 Å². The number of hydrogen-bond donors (Lipinski definition) is 2. The lowest BCUT2D eigenvalue weighted by atomic mass is 10.3. The van der Waals surface area contributed by atoms with Gasteiger partial charge in [-0.3, -0.25) is 10.3 Å². The number of halogens is 3. The summed E-state index contributed by atoms with van der Waals surface area (Å²) in [5.74, 6) is 0. The highest BCUT2D eigenvalue weighted by atomic mass is 19.4. The monoisotopic (exact) mass is 244 g/mol. The largest absolute Gasteiger partial charge is 0.433 e. The van der Waals surface area contributed by atoms with Crippen LogP contribution in [0.4, 0.5) is 18.9 Å². The zero-order chi connectivity index (χ0) is 13.1. The summed E-state index contributed by atoms with van der Waals surface area (Å²) in [6, 6.07) is 2.47. The number of allylic oxidation sites excluding steroid dienone is 2. The zero-order valence-corrected chi connectivity index (χ0v) is 9.47. The third kappa shape index (κ3) is 4.36. The van der Waals surface area contributed by atoms with Crippen molar-refractivity contribution in [1.82, 2.24) is 4.98 Å². The van der Waals surface area contributed by atoms with Gasteiger partial charge in [-0.1, -0.05) is 0 Å². The highest BCUT2D eigenvalue weighted by Crippen LogP contribution is 2.27. The second-order valence-corrected chi connectivity index (χ2v) is 3.69. The predicted molar refractivity (Wildman–Crippen MR) is 58.0 cm³/mol. The molecule has 3 nitrogen and oxygen atoms in total. The Morgan fingerprint density at radius 1 is 1.41 bits per heavy atom. The van der Waals surface area contributed by atoms with E-state index in [9.17, 15) is 13.2 Å². The van der Waals surface area contributed by atoms with Gasteiger partial charge in [-0.25, -0.2) is 0 Å². The molecule has 6 heteroatoms. The van der Waals surface area contributed by atoms with Gasteiger partial charge < -0.3 is 5.41 Å². The van der Waals surface area contributed by atoms with Crippen molar-refractivity contribution in [1.29, 1.82) is 5.41 Å². The first-order chi connectivity index (χ1) is 7.79. The number of aromatic nitrogens is 1. The fourth-order valence-corrected chi connectivity index (χ4v) is 1.34. The molecule has 0 spiro atoms. The number of quaternary nitrogens is 1. The second kappa shape index (κ2) is 5.09. The standard InChI is InChI=1S/C11H12F3N3/c1-7(15)5-8(2)17-9-3-4-16-10(6-9)11(12,13)14/h3-6,15H,1-2H3,(H,16,17)/p+1. The zero-order valence-electron chi connectivity index (χ0n) is 9.47. The van der Waals surface area contributed by atoms with Crippen LogP contribution in [-0.4, -0.2) is 10.7 Å². The molecule has 0 saturated heterocycles. The van der Waals surface area contributed by atoms with E-state index in [1.807, 2.05) is 0 Å². The van der Waals surface area contributed by atoms with Crippen LogP contribution in [0.1, 0.15) is 19.5 Å². The number of alkyl halides is 3. The Hall–Kier alpha value is -1.69. The molecule has 0 bridgehead atoms. The van der Waals surface area contributed by atoms with Gasteiger partial charge in [-0.2, -0.15) is 13.2 Å². The summed E-state index contributed by atoms with van der Waals surface area (Å²) >= 11 is 0. The van der Waals surface area contributed by atoms with Gasteiger partial charge in [0.1, 0.15) is 17.1 Å². The van der Waals surface area contributed by atoms with Crippen LogP contribution in [0.15, 0.2) is 30.1 Å². The van der Waals surface area contributed by atoms with Crippen molar-refractivity contribution >= 4 is 11.4 Å². The molecule has 0 unspecified atom stereocenters. The molecule has 3 N–H and O–H groups in total. The smallest absolute Gasteiger partial charge is 0.305 e. The van der Waals surface area contributed by atoms with Crippen LogP contribution in [0.3, 0.4) is 0 Å². The fraction of sp³-hybridized carbons (Fsp3) is 0.273. The number of rotatable bonds is 3. The van der Waals surface area contributed by atoms with E-state index >= 15 is 0 Å². The van der Waals surface area contributed by atoms with Gasteiger partial charge in [0, 0.05) is 37.0 Å². The molecule has 92 valence electrons. The Morgan fingerprint density at radius 2 is 2.06 bits per heavy atom. The van der Waals surface area contributed by atoms with Gasteiger partial charge in [-0.05, 0) is 6.92 Å². The van der Waals surface area contributed by atoms with E-state index in [1.165, 1.54) is 6.07 Å². The molecule has 0 aliphatic heterocycles. The van der Waals surface area contributed by atoms with Gasteiger partial charge in [0.05, 0.1) is 0 Å². The highest BCUT2D eigenvalue weighted by molar-refractivity contribution is 5.90. The number of nitrogens with zero attached hydrogens (tertiary/aromatic N) is 1. The Balaban J connectivity index is 2.90. The maximum atomic E-state index is 12.4. The maximum Gasteiger partial charge on any atom is 0.433 e. The topological polar surface area (TPSA) is 53.4 Å². The molecule has 0 aliphatic carbocycles. The lowest BCUT2D eigenvalue weighted by Crippen LogP contribution is -2.75. The van der Waals surface area contributed by atoms with Crippen molar-refractivity contribution in [2.24, 2.45) is 0 Å². The molecule has 0 radical (unpaired) electrons. The number of hydrogen-bond acceptors (Lipinski definition) is 2. The van der Waals surface area contributed by atoms with E-state index in [0.29, 0.717) is 11.4 Å². The lowest BCUT2D eigenvalue weighted by Gasteiger charge is -2.06. The predicted octanol–water partition coefficient (Wildman–Crippen LogP) is 2.24. The van der Waals surface area contributed by atoms with Crippen LogP contribution in [0.25, 0.3) is 0 Å². The first-order valence-corrected chi connectivity index (χ1v) is 4.90. The molecule has 1 rings (SSSR count). The molecule has 17 heavy (non-hydrogen) atoms. The molecule has 0 aliphatic rings. The van der Waals surface area contributed by atoms with E-state index in [1.54, 1.807) is 25.2 Å². The average molecular weight is 244 g/mol. The normalized spacial score (nSPS) is 12.6. The molecule has 0 atom stereocenters. The van der Waals surface area contributed by atoms with Gasteiger partial charge in [0.2, 0.25) is 0 Å². The van der Waals surface area contributed by atoms with Crippen molar-refractivity contribution in [3.8, 4) is 0 Å². The molecule has 0 aromatic carbocycles. The molecule has 1 aromatic heterocycles. The summed E-state index contributed by atoms with van der Waals surface area (Å²) in [5, 5.41) is 8.82. The Morgan fingerprint density at radius 3 is 2.59 bits per heavy atom. The van der Waals surface area contributed by atoms with E-state index in [0.717, 1.165) is 18.0 Å². The summed E-state index contributed by atoms with van der Waals surface area (Å²) in [6.45, 7) is 3.33. The van der Waals surface area contributed by atoms with Crippen LogP contribution < -0.4 is 5.32 Å². The van der Waals surface area contributed by atoms with Crippen LogP contribution in [-0.2, 0) is 6.18 Å². The fourth-order valence-electron chi connectivity index (χ4n) is 1.34. The van der Waals surface area contributed by atoms with Crippen LogP contribution in [0, 0.1) is 5.41 Å². The summed E-state index contributed by atoms with van der Waals surface area (Å²) in [7, 11) is 0. The highest BCUT2D eigenvalue weighted by Gasteiger charge is 2.32. The number of nitrogens with two attached hydrogens (primary N) is 1. The summed E-state index contributed by atoms with van der Waals surface area (Å²) in [4.78, 5) is 3.27. The molecular formula is C11H13F3N3+. The number of nitrogens with one attached hydrogen (secondary N) is 1. The average Bonchev–Trinajstić information content (AvgIpc) is 2.15. The van der Waals surface area contributed by atoms with Crippen LogP contribution in [0.2, 0.25) is 0 Å². The maximum absolute atomic E-state index is 12.4. The minimum absolute atomic E-state index is 0.351. The number of pyridine rings is 1. The first-order valence-electron chi connectivity index (χ1n) is 4.90. The molecule has 1 aromatic rings. The molecular weight excluding hydrogens is 231 g/mol. The second-order valence-electron chi connectivity index (χ2n) is 3.69. The van der Waals surface area contributed by atoms with Gasteiger partial charge in [0.15, 0.2) is 0 Å². The van der Waals surface area contributed by atoms with E-state index in [-0.39, 0.29) is 0 Å². The minimum Gasteiger partial charge on any atom is -0.305 e. The van der Waals surface area contributed by atoms with Gasteiger partial charge in [0.25, 0.3) is 0 Å².